The molecular formula is C19H21FN2O2. The highest BCUT2D eigenvalue weighted by Crippen LogP contribution is 2.24. The number of aliphatic hydroxyl groups excluding tert-OH is 1. The van der Waals surface area contributed by atoms with Crippen LogP contribution in [-0.4, -0.2) is 35.1 Å². The van der Waals surface area contributed by atoms with E-state index in [9.17, 15) is 14.3 Å². The summed E-state index contributed by atoms with van der Waals surface area (Å²) in [5.41, 5.74) is 2.11. The van der Waals surface area contributed by atoms with Gasteiger partial charge >= 0.3 is 0 Å². The Bertz CT molecular complexity index is 720. The molecule has 4 nitrogen and oxygen atoms in total. The standard InChI is InChI=1S/C19H21FN2O2/c20-15-6-3-5-14(11-15)12-21-18-9-2-1-8-17(18)19(24)22-10-4-7-16(22)13-23/h1-3,5-6,8-9,11,16,21,23H,4,7,10,12-13H2/t16-/m0/s1. The van der Waals surface area contributed by atoms with E-state index in [0.29, 0.717) is 18.7 Å². The van der Waals surface area contributed by atoms with Crippen LogP contribution >= 0.6 is 0 Å². The number of para-hydroxylation sites is 1. The predicted octanol–water partition coefficient (Wildman–Crippen LogP) is 3.03. The summed E-state index contributed by atoms with van der Waals surface area (Å²) in [6.45, 7) is 1.10. The van der Waals surface area contributed by atoms with Crippen LogP contribution < -0.4 is 5.32 Å². The molecule has 1 heterocycles. The molecule has 0 saturated carbocycles. The normalized spacial score (nSPS) is 17.1. The van der Waals surface area contributed by atoms with Gasteiger partial charge in [0.05, 0.1) is 18.2 Å². The van der Waals surface area contributed by atoms with Gasteiger partial charge in [0.2, 0.25) is 0 Å². The number of rotatable bonds is 5. The molecule has 0 aromatic heterocycles. The van der Waals surface area contributed by atoms with Crippen LogP contribution in [0.1, 0.15) is 28.8 Å². The van der Waals surface area contributed by atoms with Crippen molar-refractivity contribution in [2.24, 2.45) is 0 Å². The molecule has 1 amide bonds. The lowest BCUT2D eigenvalue weighted by atomic mass is 10.1. The second kappa shape index (κ2) is 7.45. The number of likely N-dealkylation sites (tertiary alicyclic amines) is 1. The van der Waals surface area contributed by atoms with E-state index in [-0.39, 0.29) is 24.4 Å². The average Bonchev–Trinajstić information content (AvgIpc) is 3.08. The van der Waals surface area contributed by atoms with Crippen LogP contribution in [-0.2, 0) is 6.54 Å². The first-order chi connectivity index (χ1) is 11.7. The largest absolute Gasteiger partial charge is 0.394 e. The fourth-order valence-electron chi connectivity index (χ4n) is 3.12. The van der Waals surface area contributed by atoms with E-state index in [4.69, 9.17) is 0 Å². The number of amides is 1. The van der Waals surface area contributed by atoms with Crippen molar-refractivity contribution in [2.45, 2.75) is 25.4 Å². The lowest BCUT2D eigenvalue weighted by Gasteiger charge is -2.24. The van der Waals surface area contributed by atoms with Gasteiger partial charge in [0.1, 0.15) is 5.82 Å². The van der Waals surface area contributed by atoms with Gasteiger partial charge in [-0.2, -0.15) is 0 Å². The zero-order valence-electron chi connectivity index (χ0n) is 13.4. The van der Waals surface area contributed by atoms with E-state index in [1.165, 1.54) is 12.1 Å². The van der Waals surface area contributed by atoms with Crippen molar-refractivity contribution in [3.8, 4) is 0 Å². The van der Waals surface area contributed by atoms with E-state index in [1.807, 2.05) is 24.3 Å². The number of anilines is 1. The minimum Gasteiger partial charge on any atom is -0.394 e. The van der Waals surface area contributed by atoms with Gasteiger partial charge in [0.15, 0.2) is 0 Å². The second-order valence-corrected chi connectivity index (χ2v) is 6.01. The molecule has 126 valence electrons. The molecular weight excluding hydrogens is 307 g/mol. The maximum absolute atomic E-state index is 13.3. The average molecular weight is 328 g/mol. The van der Waals surface area contributed by atoms with Gasteiger partial charge < -0.3 is 15.3 Å². The highest BCUT2D eigenvalue weighted by atomic mass is 19.1. The summed E-state index contributed by atoms with van der Waals surface area (Å²) in [5.74, 6) is -0.351. The fourth-order valence-corrected chi connectivity index (χ4v) is 3.12. The zero-order valence-corrected chi connectivity index (χ0v) is 13.4. The number of aliphatic hydroxyl groups is 1. The van der Waals surface area contributed by atoms with Crippen LogP contribution in [0.2, 0.25) is 0 Å². The molecule has 1 saturated heterocycles. The van der Waals surface area contributed by atoms with Gasteiger partial charge in [-0.1, -0.05) is 24.3 Å². The van der Waals surface area contributed by atoms with E-state index in [0.717, 1.165) is 24.1 Å². The Morgan fingerprint density at radius 3 is 2.88 bits per heavy atom. The number of nitrogens with zero attached hydrogens (tertiary/aromatic N) is 1. The summed E-state index contributed by atoms with van der Waals surface area (Å²) in [4.78, 5) is 14.6. The molecule has 2 N–H and O–H groups in total. The summed E-state index contributed by atoms with van der Waals surface area (Å²) < 4.78 is 13.3. The SMILES string of the molecule is O=C(c1ccccc1NCc1cccc(F)c1)N1CCC[C@H]1CO. The number of hydrogen-bond acceptors (Lipinski definition) is 3. The first-order valence-electron chi connectivity index (χ1n) is 8.18. The van der Waals surface area contributed by atoms with Gasteiger partial charge in [-0.3, -0.25) is 4.79 Å². The predicted molar refractivity (Wildman–Crippen MR) is 91.3 cm³/mol. The number of halogens is 1. The van der Waals surface area contributed by atoms with Crippen molar-refractivity contribution >= 4 is 11.6 Å². The Morgan fingerprint density at radius 1 is 1.25 bits per heavy atom. The lowest BCUT2D eigenvalue weighted by molar-refractivity contribution is 0.0678. The number of hydrogen-bond donors (Lipinski definition) is 2. The highest BCUT2D eigenvalue weighted by Gasteiger charge is 2.29. The number of carbonyl (C=O) groups is 1. The molecule has 2 aromatic carbocycles. The molecule has 1 aliphatic rings. The Hall–Kier alpha value is -2.40. The number of nitrogens with one attached hydrogen (secondary N) is 1. The van der Waals surface area contributed by atoms with Crippen LogP contribution in [0.15, 0.2) is 48.5 Å². The molecule has 0 bridgehead atoms. The molecule has 0 spiro atoms. The highest BCUT2D eigenvalue weighted by molar-refractivity contribution is 5.99. The lowest BCUT2D eigenvalue weighted by Crippen LogP contribution is -2.37. The smallest absolute Gasteiger partial charge is 0.256 e. The van der Waals surface area contributed by atoms with Crippen LogP contribution in [0.4, 0.5) is 10.1 Å². The van der Waals surface area contributed by atoms with Gasteiger partial charge in [0.25, 0.3) is 5.91 Å². The molecule has 24 heavy (non-hydrogen) atoms. The van der Waals surface area contributed by atoms with Crippen molar-refractivity contribution < 1.29 is 14.3 Å². The fraction of sp³-hybridized carbons (Fsp3) is 0.316. The summed E-state index contributed by atoms with van der Waals surface area (Å²) >= 11 is 0. The molecule has 5 heteroatoms. The second-order valence-electron chi connectivity index (χ2n) is 6.01. The van der Waals surface area contributed by atoms with Crippen LogP contribution in [0.25, 0.3) is 0 Å². The minimum absolute atomic E-state index is 0.00930. The topological polar surface area (TPSA) is 52.6 Å². The van der Waals surface area contributed by atoms with Crippen LogP contribution in [0, 0.1) is 5.82 Å². The maximum atomic E-state index is 13.3. The molecule has 1 fully saturated rings. The third-order valence-electron chi connectivity index (χ3n) is 4.38. The third-order valence-corrected chi connectivity index (χ3v) is 4.38. The van der Waals surface area contributed by atoms with E-state index in [2.05, 4.69) is 5.32 Å². The molecule has 0 unspecified atom stereocenters. The van der Waals surface area contributed by atoms with Crippen molar-refractivity contribution in [3.05, 3.63) is 65.5 Å². The van der Waals surface area contributed by atoms with Gasteiger partial charge in [0, 0.05) is 18.8 Å². The molecule has 1 aliphatic heterocycles. The summed E-state index contributed by atoms with van der Waals surface area (Å²) in [5, 5.41) is 12.7. The van der Waals surface area contributed by atoms with Crippen molar-refractivity contribution in [1.29, 1.82) is 0 Å². The minimum atomic E-state index is -0.276. The maximum Gasteiger partial charge on any atom is 0.256 e. The van der Waals surface area contributed by atoms with Crippen molar-refractivity contribution in [1.82, 2.24) is 4.90 Å². The monoisotopic (exact) mass is 328 g/mol. The Labute approximate surface area is 140 Å². The van der Waals surface area contributed by atoms with Gasteiger partial charge in [-0.25, -0.2) is 4.39 Å². The summed E-state index contributed by atoms with van der Waals surface area (Å²) in [7, 11) is 0. The van der Waals surface area contributed by atoms with Gasteiger partial charge in [-0.05, 0) is 42.7 Å². The molecule has 2 aromatic rings. The third kappa shape index (κ3) is 3.57. The molecule has 0 radical (unpaired) electrons. The molecule has 1 atom stereocenters. The van der Waals surface area contributed by atoms with Crippen molar-refractivity contribution in [2.75, 3.05) is 18.5 Å². The van der Waals surface area contributed by atoms with E-state index < -0.39 is 0 Å². The quantitative estimate of drug-likeness (QED) is 0.887. The first kappa shape index (κ1) is 16.5. The van der Waals surface area contributed by atoms with Crippen molar-refractivity contribution in [3.63, 3.8) is 0 Å². The number of carbonyl (C=O) groups excluding carboxylic acids is 1. The van der Waals surface area contributed by atoms with E-state index >= 15 is 0 Å². The van der Waals surface area contributed by atoms with Crippen LogP contribution in [0.3, 0.4) is 0 Å². The Morgan fingerprint density at radius 2 is 2.08 bits per heavy atom. The summed E-state index contributed by atoms with van der Waals surface area (Å²) in [6, 6.07) is 13.6. The zero-order chi connectivity index (χ0) is 16.9. The molecule has 3 rings (SSSR count). The van der Waals surface area contributed by atoms with E-state index in [1.54, 1.807) is 17.0 Å². The summed E-state index contributed by atoms with van der Waals surface area (Å²) in [6.07, 6.45) is 1.75. The first-order valence-corrected chi connectivity index (χ1v) is 8.18. The molecule has 0 aliphatic carbocycles. The van der Waals surface area contributed by atoms with Crippen LogP contribution in [0.5, 0.6) is 0 Å². The number of benzene rings is 2. The Balaban J connectivity index is 1.76. The van der Waals surface area contributed by atoms with Gasteiger partial charge in [-0.15, -0.1) is 0 Å². The Kier molecular flexibility index (Phi) is 5.11.